The quantitative estimate of drug-likeness (QED) is 0.134. The van der Waals surface area contributed by atoms with Crippen molar-refractivity contribution in [2.24, 2.45) is 0 Å². The number of hydrogen-bond donors (Lipinski definition) is 0. The van der Waals surface area contributed by atoms with Crippen LogP contribution >= 0.6 is 0 Å². The van der Waals surface area contributed by atoms with E-state index in [-0.39, 0.29) is 0 Å². The number of aromatic nitrogens is 4. The highest BCUT2D eigenvalue weighted by molar-refractivity contribution is 6.23. The average molecular weight is 613 g/mol. The summed E-state index contributed by atoms with van der Waals surface area (Å²) in [7, 11) is 0. The van der Waals surface area contributed by atoms with Gasteiger partial charge in [0, 0.05) is 33.7 Å². The Morgan fingerprint density at radius 3 is 2.12 bits per heavy atom. The van der Waals surface area contributed by atoms with Crippen molar-refractivity contribution in [1.82, 2.24) is 8.97 Å². The first-order valence-electron chi connectivity index (χ1n) is 16.5. The normalized spacial score (nSPS) is 16.6. The topological polar surface area (TPSA) is 26.3 Å². The molecular weight excluding hydrogens is 589 g/mol. The number of ether oxygens (including phenoxy) is 1. The fourth-order valence-electron chi connectivity index (χ4n) is 9.72. The van der Waals surface area contributed by atoms with Crippen LogP contribution in [0.15, 0.2) is 146 Å². The van der Waals surface area contributed by atoms with E-state index in [1.165, 1.54) is 82.3 Å². The van der Waals surface area contributed by atoms with Crippen molar-refractivity contribution in [1.29, 1.82) is 0 Å². The van der Waals surface area contributed by atoms with Crippen LogP contribution in [-0.2, 0) is 5.66 Å². The Morgan fingerprint density at radius 1 is 0.500 bits per heavy atom. The van der Waals surface area contributed by atoms with Gasteiger partial charge in [-0.3, -0.25) is 0 Å². The van der Waals surface area contributed by atoms with Gasteiger partial charge in [-0.05, 0) is 54.1 Å². The lowest BCUT2D eigenvalue weighted by Gasteiger charge is -2.34. The fourth-order valence-corrected chi connectivity index (χ4v) is 9.72. The minimum Gasteiger partial charge on any atom is -0.456 e. The van der Waals surface area contributed by atoms with E-state index in [9.17, 15) is 0 Å². The number of hydrogen-bond acceptors (Lipinski definition) is 1. The molecule has 0 fully saturated rings. The molecule has 0 amide bonds. The smallest absolute Gasteiger partial charge is 0.375 e. The lowest BCUT2D eigenvalue weighted by molar-refractivity contribution is -0.956. The third-order valence-corrected chi connectivity index (χ3v) is 11.3. The van der Waals surface area contributed by atoms with Gasteiger partial charge in [-0.1, -0.05) is 72.8 Å². The number of nitrogens with zero attached hydrogens (tertiary/aromatic N) is 4. The summed E-state index contributed by atoms with van der Waals surface area (Å²) in [6.45, 7) is 0. The molecule has 5 aromatic carbocycles. The summed E-state index contributed by atoms with van der Waals surface area (Å²) in [5, 5.41) is 7.48. The summed E-state index contributed by atoms with van der Waals surface area (Å²) in [4.78, 5) is 0. The maximum Gasteiger partial charge on any atom is 0.375 e. The molecule has 5 nitrogen and oxygen atoms in total. The van der Waals surface area contributed by atoms with Crippen molar-refractivity contribution >= 4 is 59.9 Å². The van der Waals surface area contributed by atoms with Crippen LogP contribution in [0, 0.1) is 0 Å². The molecule has 0 bridgehead atoms. The van der Waals surface area contributed by atoms with Gasteiger partial charge in [-0.15, -0.1) is 4.57 Å². The molecule has 5 heteroatoms. The first kappa shape index (κ1) is 23.8. The van der Waals surface area contributed by atoms with E-state index < -0.39 is 5.66 Å². The summed E-state index contributed by atoms with van der Waals surface area (Å²) < 4.78 is 17.0. The summed E-state index contributed by atoms with van der Waals surface area (Å²) >= 11 is 0. The Kier molecular flexibility index (Phi) is 3.84. The van der Waals surface area contributed by atoms with Gasteiger partial charge >= 0.3 is 5.66 Å². The second kappa shape index (κ2) is 7.73. The van der Waals surface area contributed by atoms with Crippen molar-refractivity contribution in [3.63, 3.8) is 0 Å². The van der Waals surface area contributed by atoms with Gasteiger partial charge in [0.15, 0.2) is 17.3 Å². The van der Waals surface area contributed by atoms with Gasteiger partial charge in [0.2, 0.25) is 5.52 Å². The summed E-state index contributed by atoms with van der Waals surface area (Å²) in [5.41, 5.74) is 10.2. The van der Waals surface area contributed by atoms with Crippen LogP contribution in [0.5, 0.6) is 11.5 Å². The number of fused-ring (bicyclic) bond motifs is 10. The third kappa shape index (κ3) is 2.34. The van der Waals surface area contributed by atoms with E-state index >= 15 is 0 Å². The molecule has 3 aliphatic rings. The minimum atomic E-state index is -0.688. The van der Waals surface area contributed by atoms with Gasteiger partial charge in [0.1, 0.15) is 22.6 Å². The summed E-state index contributed by atoms with van der Waals surface area (Å²) in [6, 6.07) is 48.6. The maximum absolute atomic E-state index is 7.00. The van der Waals surface area contributed by atoms with Crippen LogP contribution in [0.3, 0.4) is 0 Å². The third-order valence-electron chi connectivity index (χ3n) is 11.3. The number of para-hydroxylation sites is 1. The van der Waals surface area contributed by atoms with Gasteiger partial charge in [0.25, 0.3) is 5.82 Å². The molecule has 0 saturated heterocycles. The lowest BCUT2D eigenvalue weighted by atomic mass is 9.84. The number of pyridine rings is 3. The van der Waals surface area contributed by atoms with Crippen LogP contribution < -0.4 is 13.9 Å². The molecule has 1 unspecified atom stereocenters. The average Bonchev–Trinajstić information content (AvgIpc) is 3.78. The van der Waals surface area contributed by atoms with Crippen molar-refractivity contribution in [2.45, 2.75) is 5.66 Å². The molecule has 3 aliphatic heterocycles. The van der Waals surface area contributed by atoms with E-state index in [0.717, 1.165) is 17.3 Å². The molecule has 0 aliphatic carbocycles. The van der Waals surface area contributed by atoms with E-state index in [4.69, 9.17) is 4.74 Å². The molecule has 10 aromatic rings. The van der Waals surface area contributed by atoms with Crippen LogP contribution in [0.1, 0.15) is 11.1 Å². The zero-order valence-electron chi connectivity index (χ0n) is 25.6. The largest absolute Gasteiger partial charge is 0.456 e. The van der Waals surface area contributed by atoms with E-state index in [1.54, 1.807) is 0 Å². The first-order chi connectivity index (χ1) is 23.9. The molecule has 8 heterocycles. The number of rotatable bonds is 1. The second-order valence-electron chi connectivity index (χ2n) is 13.3. The monoisotopic (exact) mass is 612 g/mol. The van der Waals surface area contributed by atoms with Gasteiger partial charge in [0.05, 0.1) is 33.7 Å². The fraction of sp³-hybridized carbons (Fsp3) is 0.0233. The molecule has 0 saturated carbocycles. The van der Waals surface area contributed by atoms with Crippen LogP contribution in [-0.4, -0.2) is 8.97 Å². The second-order valence-corrected chi connectivity index (χ2v) is 13.3. The zero-order valence-corrected chi connectivity index (χ0v) is 25.6. The Hall–Kier alpha value is -6.46. The predicted molar refractivity (Wildman–Crippen MR) is 188 cm³/mol. The molecule has 0 N–H and O–H groups in total. The molecule has 5 aromatic heterocycles. The van der Waals surface area contributed by atoms with Crippen LogP contribution in [0.25, 0.3) is 77.0 Å². The van der Waals surface area contributed by atoms with Gasteiger partial charge in [-0.2, -0.15) is 9.13 Å². The predicted octanol–water partition coefficient (Wildman–Crippen LogP) is 8.77. The first-order valence-corrected chi connectivity index (χ1v) is 16.5. The standard InChI is InChI=1S/C43H24N4O/c1-2-11-25(12-3-1)39-27-14-4-5-15-28(27)40-30-16-10-24-45-41(30)36-32(47(39)40)20-22-33-37(36)43(45)38-34(48-33)21-19-29-26-13-6-7-17-31(26)46(42(29)38)35-18-8-9-23-44(35)43/h1-24H/q+2. The molecule has 220 valence electrons. The lowest BCUT2D eigenvalue weighted by Crippen LogP contribution is -2.75. The minimum absolute atomic E-state index is 0.688. The van der Waals surface area contributed by atoms with E-state index in [2.05, 4.69) is 164 Å². The van der Waals surface area contributed by atoms with Crippen LogP contribution in [0.2, 0.25) is 0 Å². The van der Waals surface area contributed by atoms with Crippen molar-refractivity contribution in [3.8, 4) is 28.6 Å². The summed E-state index contributed by atoms with van der Waals surface area (Å²) in [6.07, 6.45) is 4.56. The van der Waals surface area contributed by atoms with Gasteiger partial charge < -0.3 is 9.14 Å². The van der Waals surface area contributed by atoms with Crippen molar-refractivity contribution in [2.75, 3.05) is 0 Å². The Bertz CT molecular complexity index is 3150. The molecule has 1 atom stereocenters. The van der Waals surface area contributed by atoms with Crippen LogP contribution in [0.4, 0.5) is 0 Å². The Balaban J connectivity index is 1.33. The van der Waals surface area contributed by atoms with E-state index in [1.807, 2.05) is 0 Å². The molecule has 13 rings (SSSR count). The zero-order chi connectivity index (χ0) is 30.9. The molecular formula is C43H24N4O+2. The van der Waals surface area contributed by atoms with Crippen molar-refractivity contribution in [3.05, 3.63) is 157 Å². The van der Waals surface area contributed by atoms with E-state index in [0.29, 0.717) is 0 Å². The van der Waals surface area contributed by atoms with Gasteiger partial charge in [-0.25, -0.2) is 0 Å². The molecule has 0 radical (unpaired) electrons. The highest BCUT2D eigenvalue weighted by atomic mass is 16.5. The molecule has 48 heavy (non-hydrogen) atoms. The highest BCUT2D eigenvalue weighted by Crippen LogP contribution is 2.57. The Labute approximate surface area is 273 Å². The summed E-state index contributed by atoms with van der Waals surface area (Å²) in [5.74, 6) is 2.95. The number of benzene rings is 5. The maximum atomic E-state index is 7.00. The highest BCUT2D eigenvalue weighted by Gasteiger charge is 2.66. The Morgan fingerprint density at radius 2 is 1.21 bits per heavy atom. The van der Waals surface area contributed by atoms with Crippen molar-refractivity contribution < 1.29 is 13.9 Å². The molecule has 1 spiro atoms. The SMILES string of the molecule is c1ccc(-c2c3ccccc3c3c4ccc[n+]5c4c4c6c(ccc4n23)Oc2ccc3c4ccccc4n4c3c2C65[n+]2ccccc2-4)cc1.